The molecule has 4 aromatic rings. The molecule has 23 heavy (non-hydrogen) atoms. The van der Waals surface area contributed by atoms with Gasteiger partial charge in [-0.1, -0.05) is 15.9 Å². The molecule has 3 heterocycles. The summed E-state index contributed by atoms with van der Waals surface area (Å²) in [4.78, 5) is 12.9. The second-order valence-corrected chi connectivity index (χ2v) is 6.40. The van der Waals surface area contributed by atoms with Crippen LogP contribution in [0.5, 0.6) is 0 Å². The zero-order valence-electron chi connectivity index (χ0n) is 11.5. The van der Waals surface area contributed by atoms with Gasteiger partial charge in [0.05, 0.1) is 5.69 Å². The van der Waals surface area contributed by atoms with Gasteiger partial charge in [-0.2, -0.15) is 4.68 Å². The largest absolute Gasteiger partial charge is 0.251 e. The molecule has 0 spiro atoms. The monoisotopic (exact) mass is 385 g/mol. The van der Waals surface area contributed by atoms with Gasteiger partial charge in [0.15, 0.2) is 5.65 Å². The van der Waals surface area contributed by atoms with E-state index in [1.54, 1.807) is 17.1 Å². The Morgan fingerprint density at radius 2 is 1.78 bits per heavy atom. The van der Waals surface area contributed by atoms with Gasteiger partial charge in [0, 0.05) is 16.9 Å². The van der Waals surface area contributed by atoms with Crippen LogP contribution in [0.25, 0.3) is 16.9 Å². The van der Waals surface area contributed by atoms with Crippen LogP contribution >= 0.6 is 27.7 Å². The Morgan fingerprint density at radius 1 is 0.957 bits per heavy atom. The van der Waals surface area contributed by atoms with Crippen LogP contribution in [0.3, 0.4) is 0 Å². The first-order valence-corrected chi connectivity index (χ1v) is 8.20. The van der Waals surface area contributed by atoms with E-state index in [0.29, 0.717) is 10.8 Å². The fraction of sp³-hybridized carbons (Fsp3) is 0. The van der Waals surface area contributed by atoms with E-state index in [-0.39, 0.29) is 0 Å². The van der Waals surface area contributed by atoms with E-state index in [1.165, 1.54) is 11.8 Å². The number of fused-ring (bicyclic) bond motifs is 1. The van der Waals surface area contributed by atoms with E-state index in [2.05, 4.69) is 46.4 Å². The molecule has 0 aliphatic rings. The first-order chi connectivity index (χ1) is 11.3. The van der Waals surface area contributed by atoms with Crippen molar-refractivity contribution in [2.24, 2.45) is 0 Å². The fourth-order valence-electron chi connectivity index (χ4n) is 1.97. The van der Waals surface area contributed by atoms with Gasteiger partial charge in [-0.25, -0.2) is 9.97 Å². The smallest absolute Gasteiger partial charge is 0.220 e. The molecule has 3 aromatic heterocycles. The minimum absolute atomic E-state index is 0.597. The van der Waals surface area contributed by atoms with E-state index in [0.717, 1.165) is 20.7 Å². The maximum atomic E-state index is 4.47. The second-order valence-electron chi connectivity index (χ2n) is 4.50. The summed E-state index contributed by atoms with van der Waals surface area (Å²) in [6, 6.07) is 11.5. The lowest BCUT2D eigenvalue weighted by molar-refractivity contribution is 0.756. The van der Waals surface area contributed by atoms with Gasteiger partial charge in [-0.3, -0.25) is 4.98 Å². The van der Waals surface area contributed by atoms with Crippen molar-refractivity contribution in [1.82, 2.24) is 35.2 Å². The van der Waals surface area contributed by atoms with E-state index >= 15 is 0 Å². The van der Waals surface area contributed by atoms with Crippen LogP contribution in [0.15, 0.2) is 63.4 Å². The molecule has 0 atom stereocenters. The number of aromatic nitrogens is 7. The van der Waals surface area contributed by atoms with Gasteiger partial charge < -0.3 is 0 Å². The van der Waals surface area contributed by atoms with Crippen molar-refractivity contribution in [3.63, 3.8) is 0 Å². The zero-order chi connectivity index (χ0) is 15.6. The third-order valence-electron chi connectivity index (χ3n) is 3.01. The summed E-state index contributed by atoms with van der Waals surface area (Å²) >= 11 is 4.79. The van der Waals surface area contributed by atoms with Gasteiger partial charge in [0.2, 0.25) is 5.16 Å². The predicted molar refractivity (Wildman–Crippen MR) is 88.3 cm³/mol. The molecule has 0 radical (unpaired) electrons. The van der Waals surface area contributed by atoms with Crippen LogP contribution in [0, 0.1) is 0 Å². The first kappa shape index (κ1) is 14.2. The summed E-state index contributed by atoms with van der Waals surface area (Å²) in [5, 5.41) is 13.2. The molecule has 0 bridgehead atoms. The summed E-state index contributed by atoms with van der Waals surface area (Å²) in [5.41, 5.74) is 2.23. The zero-order valence-corrected chi connectivity index (χ0v) is 13.9. The van der Waals surface area contributed by atoms with Crippen molar-refractivity contribution in [3.8, 4) is 5.69 Å². The lowest BCUT2D eigenvalue weighted by Crippen LogP contribution is -1.99. The summed E-state index contributed by atoms with van der Waals surface area (Å²) in [6.45, 7) is 0. The molecule has 7 nitrogen and oxygen atoms in total. The highest BCUT2D eigenvalue weighted by atomic mass is 79.9. The number of hydrogen-bond donors (Lipinski definition) is 0. The van der Waals surface area contributed by atoms with E-state index in [4.69, 9.17) is 0 Å². The fourth-order valence-corrected chi connectivity index (χ4v) is 3.00. The number of nitrogens with zero attached hydrogens (tertiary/aromatic N) is 7. The summed E-state index contributed by atoms with van der Waals surface area (Å²) < 4.78 is 2.66. The van der Waals surface area contributed by atoms with Crippen LogP contribution < -0.4 is 0 Å². The first-order valence-electron chi connectivity index (χ1n) is 6.59. The number of tetrazole rings is 1. The van der Waals surface area contributed by atoms with Crippen LogP contribution in [-0.4, -0.2) is 35.2 Å². The number of halogens is 1. The molecular formula is C14H8BrN7S. The van der Waals surface area contributed by atoms with Crippen LogP contribution in [-0.2, 0) is 0 Å². The van der Waals surface area contributed by atoms with Crippen molar-refractivity contribution in [1.29, 1.82) is 0 Å². The second kappa shape index (κ2) is 6.01. The molecule has 0 saturated carbocycles. The highest BCUT2D eigenvalue weighted by Crippen LogP contribution is 2.26. The Bertz CT molecular complexity index is 970. The number of pyridine rings is 1. The normalized spacial score (nSPS) is 11.0. The molecule has 9 heteroatoms. The third-order valence-corrected chi connectivity index (χ3v) is 4.42. The minimum atomic E-state index is 0.597. The molecule has 1 aromatic carbocycles. The van der Waals surface area contributed by atoms with Crippen molar-refractivity contribution < 1.29 is 0 Å². The highest BCUT2D eigenvalue weighted by Gasteiger charge is 2.11. The van der Waals surface area contributed by atoms with Crippen LogP contribution in [0.1, 0.15) is 0 Å². The molecule has 0 saturated heterocycles. The molecular weight excluding hydrogens is 378 g/mol. The number of benzene rings is 1. The minimum Gasteiger partial charge on any atom is -0.251 e. The maximum absolute atomic E-state index is 4.47. The Kier molecular flexibility index (Phi) is 3.72. The Balaban J connectivity index is 1.68. The summed E-state index contributed by atoms with van der Waals surface area (Å²) in [6.07, 6.45) is 3.26. The maximum Gasteiger partial charge on any atom is 0.220 e. The standard InChI is InChI=1S/C14H8BrN7S/c15-9-1-3-10(4-2-9)22-14(19-20-21-22)23-12-6-5-11-13(18-12)17-8-7-16-11/h1-8H. The highest BCUT2D eigenvalue weighted by molar-refractivity contribution is 9.10. The molecule has 0 aliphatic heterocycles. The molecule has 4 rings (SSSR count). The Morgan fingerprint density at radius 3 is 2.65 bits per heavy atom. The van der Waals surface area contributed by atoms with Gasteiger partial charge in [-0.15, -0.1) is 5.10 Å². The lowest BCUT2D eigenvalue weighted by Gasteiger charge is -2.04. The average Bonchev–Trinajstić information content (AvgIpc) is 3.03. The third kappa shape index (κ3) is 2.92. The molecule has 112 valence electrons. The van der Waals surface area contributed by atoms with E-state index < -0.39 is 0 Å². The van der Waals surface area contributed by atoms with Gasteiger partial charge in [-0.05, 0) is 58.6 Å². The Hall–Kier alpha value is -2.39. The quantitative estimate of drug-likeness (QED) is 0.535. The summed E-state index contributed by atoms with van der Waals surface area (Å²) in [7, 11) is 0. The Labute approximate surface area is 143 Å². The van der Waals surface area contributed by atoms with Gasteiger partial charge >= 0.3 is 0 Å². The van der Waals surface area contributed by atoms with E-state index in [1.807, 2.05) is 36.4 Å². The van der Waals surface area contributed by atoms with Crippen LogP contribution in [0.2, 0.25) is 0 Å². The number of hydrogen-bond acceptors (Lipinski definition) is 7. The lowest BCUT2D eigenvalue weighted by atomic mass is 10.3. The van der Waals surface area contributed by atoms with Crippen molar-refractivity contribution in [2.45, 2.75) is 10.2 Å². The predicted octanol–water partition coefficient (Wildman–Crippen LogP) is 2.91. The molecule has 0 N–H and O–H groups in total. The molecule has 0 amide bonds. The molecule has 0 unspecified atom stereocenters. The molecule has 0 fully saturated rings. The SMILES string of the molecule is Brc1ccc(-n2nnnc2Sc2ccc3nccnc3n2)cc1. The summed E-state index contributed by atoms with van der Waals surface area (Å²) in [5.74, 6) is 0. The number of rotatable bonds is 3. The topological polar surface area (TPSA) is 82.3 Å². The van der Waals surface area contributed by atoms with Crippen LogP contribution in [0.4, 0.5) is 0 Å². The van der Waals surface area contributed by atoms with E-state index in [9.17, 15) is 0 Å². The van der Waals surface area contributed by atoms with Gasteiger partial charge in [0.25, 0.3) is 0 Å². The van der Waals surface area contributed by atoms with Gasteiger partial charge in [0.1, 0.15) is 10.5 Å². The van der Waals surface area contributed by atoms with Crippen molar-refractivity contribution >= 4 is 38.9 Å². The molecule has 0 aliphatic carbocycles. The van der Waals surface area contributed by atoms with Crippen molar-refractivity contribution in [3.05, 3.63) is 53.3 Å². The average molecular weight is 386 g/mol. The van der Waals surface area contributed by atoms with Crippen molar-refractivity contribution in [2.75, 3.05) is 0 Å².